The molecule has 3 heterocycles. The summed E-state index contributed by atoms with van der Waals surface area (Å²) in [5.41, 5.74) is 2.40. The first-order valence-corrected chi connectivity index (χ1v) is 10.6. The van der Waals surface area contributed by atoms with Crippen molar-refractivity contribution in [2.45, 2.75) is 39.7 Å². The normalized spacial score (nSPS) is 18.7. The number of imidazole rings is 1. The second-order valence-electron chi connectivity index (χ2n) is 8.52. The van der Waals surface area contributed by atoms with Gasteiger partial charge in [-0.05, 0) is 32.3 Å². The molecule has 3 aromatic rings. The second-order valence-corrected chi connectivity index (χ2v) is 8.52. The largest absolute Gasteiger partial charge is 0.342 e. The number of hydrogen-bond donors (Lipinski definition) is 2. The van der Waals surface area contributed by atoms with Gasteiger partial charge < -0.3 is 14.8 Å². The van der Waals surface area contributed by atoms with Crippen molar-refractivity contribution in [2.24, 2.45) is 5.41 Å². The molecule has 162 valence electrons. The van der Waals surface area contributed by atoms with Gasteiger partial charge in [0.25, 0.3) is 0 Å². The maximum atomic E-state index is 13.1. The van der Waals surface area contributed by atoms with Crippen molar-refractivity contribution in [1.82, 2.24) is 24.6 Å². The molecule has 1 aliphatic rings. The standard InChI is InChI=1S/C23H28N6O2/c1-17-4-6-18(7-5-17)19-14-20(27-26-19)25-22(31)23(2)9-3-11-29(15-23)21(30)8-12-28-13-10-24-16-28/h4-7,10,13-14,16H,3,8-9,11-12,15H2,1-2H3,(H2,25,26,27,31). The Labute approximate surface area is 181 Å². The van der Waals surface area contributed by atoms with Gasteiger partial charge in [0.1, 0.15) is 0 Å². The van der Waals surface area contributed by atoms with Crippen molar-refractivity contribution in [1.29, 1.82) is 0 Å². The summed E-state index contributed by atoms with van der Waals surface area (Å²) in [4.78, 5) is 31.6. The van der Waals surface area contributed by atoms with E-state index in [0.717, 1.165) is 24.1 Å². The number of nitrogens with one attached hydrogen (secondary N) is 2. The third kappa shape index (κ3) is 4.84. The fraction of sp³-hybridized carbons (Fsp3) is 0.391. The molecule has 1 atom stereocenters. The van der Waals surface area contributed by atoms with E-state index < -0.39 is 5.41 Å². The highest BCUT2D eigenvalue weighted by molar-refractivity contribution is 5.95. The van der Waals surface area contributed by atoms with Gasteiger partial charge in [-0.25, -0.2) is 4.98 Å². The predicted octanol–water partition coefficient (Wildman–Crippen LogP) is 3.24. The molecule has 2 N–H and O–H groups in total. The van der Waals surface area contributed by atoms with Crippen molar-refractivity contribution >= 4 is 17.6 Å². The lowest BCUT2D eigenvalue weighted by Gasteiger charge is -2.39. The van der Waals surface area contributed by atoms with Crippen LogP contribution in [0.5, 0.6) is 0 Å². The first kappa shape index (κ1) is 20.8. The highest BCUT2D eigenvalue weighted by Gasteiger charge is 2.39. The Morgan fingerprint density at radius 3 is 2.81 bits per heavy atom. The minimum Gasteiger partial charge on any atom is -0.342 e. The summed E-state index contributed by atoms with van der Waals surface area (Å²) >= 11 is 0. The van der Waals surface area contributed by atoms with Crippen LogP contribution in [0.4, 0.5) is 5.82 Å². The van der Waals surface area contributed by atoms with Crippen LogP contribution < -0.4 is 5.32 Å². The number of likely N-dealkylation sites (tertiary alicyclic amines) is 1. The molecule has 8 nitrogen and oxygen atoms in total. The monoisotopic (exact) mass is 420 g/mol. The van der Waals surface area contributed by atoms with Crippen molar-refractivity contribution < 1.29 is 9.59 Å². The van der Waals surface area contributed by atoms with Gasteiger partial charge in [-0.3, -0.25) is 14.7 Å². The van der Waals surface area contributed by atoms with E-state index in [1.807, 2.05) is 59.8 Å². The summed E-state index contributed by atoms with van der Waals surface area (Å²) in [5, 5.41) is 10.2. The number of aryl methyl sites for hydroxylation is 2. The van der Waals surface area contributed by atoms with E-state index >= 15 is 0 Å². The minimum absolute atomic E-state index is 0.0638. The average Bonchev–Trinajstić information content (AvgIpc) is 3.45. The molecule has 1 aromatic carbocycles. The second kappa shape index (κ2) is 8.75. The van der Waals surface area contributed by atoms with Crippen LogP contribution in [0.2, 0.25) is 0 Å². The third-order valence-corrected chi connectivity index (χ3v) is 5.92. The zero-order valence-electron chi connectivity index (χ0n) is 18.0. The molecule has 31 heavy (non-hydrogen) atoms. The van der Waals surface area contributed by atoms with Crippen LogP contribution in [0.3, 0.4) is 0 Å². The van der Waals surface area contributed by atoms with Gasteiger partial charge in [0, 0.05) is 44.5 Å². The fourth-order valence-electron chi connectivity index (χ4n) is 3.97. The van der Waals surface area contributed by atoms with Crippen molar-refractivity contribution in [3.05, 3.63) is 54.6 Å². The van der Waals surface area contributed by atoms with Crippen molar-refractivity contribution in [2.75, 3.05) is 18.4 Å². The molecule has 4 rings (SSSR count). The van der Waals surface area contributed by atoms with Gasteiger partial charge in [-0.2, -0.15) is 5.10 Å². The van der Waals surface area contributed by atoms with E-state index in [-0.39, 0.29) is 11.8 Å². The van der Waals surface area contributed by atoms with Gasteiger partial charge in [-0.1, -0.05) is 29.8 Å². The first-order valence-electron chi connectivity index (χ1n) is 10.6. The molecule has 2 aromatic heterocycles. The Morgan fingerprint density at radius 2 is 2.06 bits per heavy atom. The molecule has 1 saturated heterocycles. The number of carbonyl (C=O) groups is 2. The number of carbonyl (C=O) groups excluding carboxylic acids is 2. The maximum absolute atomic E-state index is 13.1. The summed E-state index contributed by atoms with van der Waals surface area (Å²) in [5.74, 6) is 0.445. The number of amides is 2. The molecule has 1 fully saturated rings. The highest BCUT2D eigenvalue weighted by Crippen LogP contribution is 2.31. The molecule has 1 unspecified atom stereocenters. The van der Waals surface area contributed by atoms with Crippen molar-refractivity contribution in [3.8, 4) is 11.3 Å². The number of benzene rings is 1. The van der Waals surface area contributed by atoms with Gasteiger partial charge in [-0.15, -0.1) is 0 Å². The smallest absolute Gasteiger partial charge is 0.233 e. The number of aromatic amines is 1. The van der Waals surface area contributed by atoms with E-state index in [1.54, 1.807) is 12.5 Å². The molecule has 1 aliphatic heterocycles. The van der Waals surface area contributed by atoms with Crippen LogP contribution in [0.25, 0.3) is 11.3 Å². The van der Waals surface area contributed by atoms with Crippen LogP contribution in [0.15, 0.2) is 49.1 Å². The van der Waals surface area contributed by atoms with E-state index in [2.05, 4.69) is 20.5 Å². The molecule has 8 heteroatoms. The number of anilines is 1. The Kier molecular flexibility index (Phi) is 5.88. The fourth-order valence-corrected chi connectivity index (χ4v) is 3.97. The molecule has 0 saturated carbocycles. The van der Waals surface area contributed by atoms with Crippen molar-refractivity contribution in [3.63, 3.8) is 0 Å². The van der Waals surface area contributed by atoms with Crippen LogP contribution in [-0.2, 0) is 16.1 Å². The molecular formula is C23H28N6O2. The molecule has 0 radical (unpaired) electrons. The van der Waals surface area contributed by atoms with Gasteiger partial charge in [0.15, 0.2) is 5.82 Å². The van der Waals surface area contributed by atoms with E-state index in [1.165, 1.54) is 5.56 Å². The van der Waals surface area contributed by atoms with Crippen LogP contribution >= 0.6 is 0 Å². The Balaban J connectivity index is 1.37. The van der Waals surface area contributed by atoms with Crippen LogP contribution in [0, 0.1) is 12.3 Å². The number of H-pyrrole nitrogens is 1. The average molecular weight is 421 g/mol. The van der Waals surface area contributed by atoms with E-state index in [0.29, 0.717) is 31.9 Å². The Bertz CT molecular complexity index is 1040. The zero-order valence-corrected chi connectivity index (χ0v) is 18.0. The summed E-state index contributed by atoms with van der Waals surface area (Å²) in [7, 11) is 0. The highest BCUT2D eigenvalue weighted by atomic mass is 16.2. The molecule has 0 aliphatic carbocycles. The van der Waals surface area contributed by atoms with Crippen LogP contribution in [0.1, 0.15) is 31.7 Å². The number of nitrogens with zero attached hydrogens (tertiary/aromatic N) is 4. The molecule has 2 amide bonds. The van der Waals surface area contributed by atoms with E-state index in [9.17, 15) is 9.59 Å². The minimum atomic E-state index is -0.647. The number of aromatic nitrogens is 4. The summed E-state index contributed by atoms with van der Waals surface area (Å²) in [6.45, 7) is 5.65. The lowest BCUT2D eigenvalue weighted by Crippen LogP contribution is -2.50. The molecule has 0 spiro atoms. The lowest BCUT2D eigenvalue weighted by atomic mass is 9.81. The summed E-state index contributed by atoms with van der Waals surface area (Å²) in [6.07, 6.45) is 7.18. The number of rotatable bonds is 6. The molecular weight excluding hydrogens is 392 g/mol. The maximum Gasteiger partial charge on any atom is 0.233 e. The Morgan fingerprint density at radius 1 is 1.26 bits per heavy atom. The zero-order chi connectivity index (χ0) is 21.8. The third-order valence-electron chi connectivity index (χ3n) is 5.92. The molecule has 0 bridgehead atoms. The van der Waals surface area contributed by atoms with Gasteiger partial charge in [0.2, 0.25) is 11.8 Å². The van der Waals surface area contributed by atoms with Crippen LogP contribution in [-0.4, -0.2) is 49.6 Å². The lowest BCUT2D eigenvalue weighted by molar-refractivity contribution is -0.138. The predicted molar refractivity (Wildman–Crippen MR) is 118 cm³/mol. The number of hydrogen-bond acceptors (Lipinski definition) is 4. The Hall–Kier alpha value is -3.42. The SMILES string of the molecule is Cc1ccc(-c2cc(NC(=O)C3(C)CCCN(C(=O)CCn4ccnc4)C3)n[nH]2)cc1. The quantitative estimate of drug-likeness (QED) is 0.640. The topological polar surface area (TPSA) is 95.9 Å². The number of piperidine rings is 1. The summed E-state index contributed by atoms with van der Waals surface area (Å²) < 4.78 is 1.89. The van der Waals surface area contributed by atoms with E-state index in [4.69, 9.17) is 0 Å². The summed E-state index contributed by atoms with van der Waals surface area (Å²) in [6, 6.07) is 9.95. The van der Waals surface area contributed by atoms with Gasteiger partial charge >= 0.3 is 0 Å². The van der Waals surface area contributed by atoms with Gasteiger partial charge in [0.05, 0.1) is 17.4 Å². The first-order chi connectivity index (χ1) is 14.9.